The Bertz CT molecular complexity index is 1840. The molecule has 0 spiro atoms. The van der Waals surface area contributed by atoms with Gasteiger partial charge in [0.25, 0.3) is 0 Å². The van der Waals surface area contributed by atoms with Gasteiger partial charge in [-0.2, -0.15) is 0 Å². The molecule has 1 aliphatic heterocycles. The van der Waals surface area contributed by atoms with Gasteiger partial charge in [-0.25, -0.2) is 23.1 Å². The topological polar surface area (TPSA) is 66.2 Å². The van der Waals surface area contributed by atoms with Gasteiger partial charge >= 0.3 is 0 Å². The quantitative estimate of drug-likeness (QED) is 0.144. The van der Waals surface area contributed by atoms with Crippen LogP contribution < -0.4 is 4.74 Å². The molecule has 3 aromatic carbocycles. The van der Waals surface area contributed by atoms with Gasteiger partial charge in [-0.15, -0.1) is 0 Å². The minimum absolute atomic E-state index is 0.00790. The van der Waals surface area contributed by atoms with Crippen LogP contribution in [0.1, 0.15) is 47.1 Å². The number of pyridine rings is 1. The van der Waals surface area contributed by atoms with Gasteiger partial charge in [0.05, 0.1) is 29.4 Å². The van der Waals surface area contributed by atoms with Crippen molar-refractivity contribution in [2.75, 3.05) is 6.61 Å². The SMILES string of the molecule is CCC(=O)c1ccc2nc(Cc3cc(F)c(-c4cccc(OCc5ccc(Br)cc5F)n4)cc3F)n(C[C@@H]3CCO3)c2c1. The van der Waals surface area contributed by atoms with E-state index in [0.717, 1.165) is 24.1 Å². The molecular weight excluding hydrogens is 623 g/mol. The Morgan fingerprint density at radius 3 is 2.56 bits per heavy atom. The monoisotopic (exact) mass is 649 g/mol. The van der Waals surface area contributed by atoms with Gasteiger partial charge in [0.1, 0.15) is 29.9 Å². The molecule has 0 saturated carbocycles. The number of halogens is 4. The molecular formula is C33H27BrF3N3O3. The first-order chi connectivity index (χ1) is 20.8. The van der Waals surface area contributed by atoms with Crippen LogP contribution >= 0.6 is 15.9 Å². The third-order valence-electron chi connectivity index (χ3n) is 7.52. The average Bonchev–Trinajstić information content (AvgIpc) is 3.31. The smallest absolute Gasteiger partial charge is 0.214 e. The summed E-state index contributed by atoms with van der Waals surface area (Å²) in [6, 6.07) is 17.0. The number of benzene rings is 3. The predicted octanol–water partition coefficient (Wildman–Crippen LogP) is 7.83. The van der Waals surface area contributed by atoms with Gasteiger partial charge in [-0.3, -0.25) is 4.79 Å². The number of carbonyl (C=O) groups excluding carboxylic acids is 1. The van der Waals surface area contributed by atoms with Crippen molar-refractivity contribution in [3.63, 3.8) is 0 Å². The normalized spacial score (nSPS) is 14.6. The van der Waals surface area contributed by atoms with E-state index >= 15 is 8.78 Å². The van der Waals surface area contributed by atoms with E-state index in [0.29, 0.717) is 46.5 Å². The van der Waals surface area contributed by atoms with Gasteiger partial charge in [0, 0.05) is 46.7 Å². The van der Waals surface area contributed by atoms with Crippen molar-refractivity contribution < 1.29 is 27.4 Å². The number of ether oxygens (including phenoxy) is 2. The minimum Gasteiger partial charge on any atom is -0.473 e. The van der Waals surface area contributed by atoms with Crippen molar-refractivity contribution in [1.29, 1.82) is 0 Å². The Morgan fingerprint density at radius 2 is 1.81 bits per heavy atom. The first kappa shape index (κ1) is 29.1. The number of carbonyl (C=O) groups is 1. The summed E-state index contributed by atoms with van der Waals surface area (Å²) in [5, 5.41) is 0. The van der Waals surface area contributed by atoms with Crippen molar-refractivity contribution in [2.24, 2.45) is 0 Å². The zero-order chi connectivity index (χ0) is 30.1. The second-order valence-electron chi connectivity index (χ2n) is 10.4. The summed E-state index contributed by atoms with van der Waals surface area (Å²) in [5.41, 5.74) is 2.63. The van der Waals surface area contributed by atoms with Crippen molar-refractivity contribution in [3.05, 3.63) is 111 Å². The van der Waals surface area contributed by atoms with E-state index in [1.165, 1.54) is 6.07 Å². The number of imidazole rings is 1. The fourth-order valence-electron chi connectivity index (χ4n) is 5.05. The number of rotatable bonds is 10. The third kappa shape index (κ3) is 6.21. The molecule has 0 N–H and O–H groups in total. The summed E-state index contributed by atoms with van der Waals surface area (Å²) < 4.78 is 59.0. The summed E-state index contributed by atoms with van der Waals surface area (Å²) in [6.07, 6.45) is 1.30. The molecule has 5 aromatic rings. The third-order valence-corrected chi connectivity index (χ3v) is 8.02. The van der Waals surface area contributed by atoms with Crippen LogP contribution in [0.5, 0.6) is 5.88 Å². The second-order valence-corrected chi connectivity index (χ2v) is 11.3. The number of fused-ring (bicyclic) bond motifs is 1. The van der Waals surface area contributed by atoms with Gasteiger partial charge < -0.3 is 14.0 Å². The largest absolute Gasteiger partial charge is 0.473 e. The van der Waals surface area contributed by atoms with E-state index in [-0.39, 0.29) is 47.6 Å². The Balaban J connectivity index is 1.27. The van der Waals surface area contributed by atoms with E-state index in [9.17, 15) is 9.18 Å². The van der Waals surface area contributed by atoms with Crippen molar-refractivity contribution in [1.82, 2.24) is 14.5 Å². The van der Waals surface area contributed by atoms with Crippen LogP contribution in [-0.2, 0) is 24.3 Å². The van der Waals surface area contributed by atoms with Crippen LogP contribution in [0.2, 0.25) is 0 Å². The Kier molecular flexibility index (Phi) is 8.32. The second kappa shape index (κ2) is 12.3. The zero-order valence-electron chi connectivity index (χ0n) is 23.2. The zero-order valence-corrected chi connectivity index (χ0v) is 24.8. The highest BCUT2D eigenvalue weighted by Crippen LogP contribution is 2.29. The summed E-state index contributed by atoms with van der Waals surface area (Å²) in [4.78, 5) is 21.4. The summed E-state index contributed by atoms with van der Waals surface area (Å²) in [6.45, 7) is 2.91. The molecule has 0 bridgehead atoms. The molecule has 3 heterocycles. The Hall–Kier alpha value is -4.02. The number of hydrogen-bond donors (Lipinski definition) is 0. The van der Waals surface area contributed by atoms with Crippen molar-refractivity contribution >= 4 is 32.7 Å². The maximum atomic E-state index is 15.5. The first-order valence-electron chi connectivity index (χ1n) is 13.9. The molecule has 0 radical (unpaired) electrons. The fourth-order valence-corrected chi connectivity index (χ4v) is 5.38. The highest BCUT2D eigenvalue weighted by Gasteiger charge is 2.23. The van der Waals surface area contributed by atoms with E-state index < -0.39 is 17.5 Å². The molecule has 0 amide bonds. The van der Waals surface area contributed by atoms with E-state index in [1.54, 1.807) is 42.5 Å². The van der Waals surface area contributed by atoms with Crippen molar-refractivity contribution in [3.8, 4) is 17.1 Å². The number of nitrogens with zero attached hydrogens (tertiary/aromatic N) is 3. The van der Waals surface area contributed by atoms with Crippen LogP contribution in [0.15, 0.2) is 71.2 Å². The van der Waals surface area contributed by atoms with Crippen molar-refractivity contribution in [2.45, 2.75) is 45.4 Å². The maximum Gasteiger partial charge on any atom is 0.214 e. The Labute approximate surface area is 254 Å². The Morgan fingerprint density at radius 1 is 1.00 bits per heavy atom. The molecule has 6 rings (SSSR count). The van der Waals surface area contributed by atoms with Crippen LogP contribution in [-0.4, -0.2) is 33.0 Å². The number of ketones is 1. The molecule has 10 heteroatoms. The van der Waals surface area contributed by atoms with Crippen LogP contribution in [0.4, 0.5) is 13.2 Å². The molecule has 1 saturated heterocycles. The maximum absolute atomic E-state index is 15.5. The summed E-state index contributed by atoms with van der Waals surface area (Å²) >= 11 is 3.22. The standard InChI is InChI=1S/C33H27BrF3N3O3/c1-2-31(41)19-7-9-29-30(13-19)40(17-23-10-11-42-23)32(38-29)14-21-12-27(37)24(16-26(21)36)28-4-3-5-33(39-28)43-18-20-6-8-22(34)15-25(20)35/h3-9,12-13,15-16,23H,2,10-11,14,17-18H2,1H3/t23-/m0/s1. The van der Waals surface area contributed by atoms with Gasteiger partial charge in [0.2, 0.25) is 5.88 Å². The molecule has 1 atom stereocenters. The lowest BCUT2D eigenvalue weighted by Crippen LogP contribution is -2.31. The molecule has 6 nitrogen and oxygen atoms in total. The van der Waals surface area contributed by atoms with Crippen LogP contribution in [0.25, 0.3) is 22.3 Å². The van der Waals surface area contributed by atoms with Crippen LogP contribution in [0, 0.1) is 17.5 Å². The van der Waals surface area contributed by atoms with Gasteiger partial charge in [-0.1, -0.05) is 35.0 Å². The molecule has 1 aliphatic rings. The van der Waals surface area contributed by atoms with E-state index in [2.05, 4.69) is 20.9 Å². The van der Waals surface area contributed by atoms with E-state index in [1.807, 2.05) is 17.6 Å². The lowest BCUT2D eigenvalue weighted by Gasteiger charge is -2.27. The fraction of sp³-hybridized carbons (Fsp3) is 0.242. The number of Topliss-reactive ketones (excluding diaryl/α,β-unsaturated/α-hetero) is 1. The summed E-state index contributed by atoms with van der Waals surface area (Å²) in [7, 11) is 0. The highest BCUT2D eigenvalue weighted by atomic mass is 79.9. The average molecular weight is 650 g/mol. The molecule has 1 fully saturated rings. The molecule has 2 aromatic heterocycles. The molecule has 0 aliphatic carbocycles. The van der Waals surface area contributed by atoms with Gasteiger partial charge in [0.15, 0.2) is 5.78 Å². The lowest BCUT2D eigenvalue weighted by atomic mass is 10.0. The predicted molar refractivity (Wildman–Crippen MR) is 160 cm³/mol. The number of hydrogen-bond acceptors (Lipinski definition) is 5. The van der Waals surface area contributed by atoms with Gasteiger partial charge in [-0.05, 0) is 60.5 Å². The van der Waals surface area contributed by atoms with Crippen LogP contribution in [0.3, 0.4) is 0 Å². The lowest BCUT2D eigenvalue weighted by molar-refractivity contribution is -0.0589. The highest BCUT2D eigenvalue weighted by molar-refractivity contribution is 9.10. The summed E-state index contributed by atoms with van der Waals surface area (Å²) in [5.74, 6) is -0.980. The minimum atomic E-state index is -0.652. The molecule has 43 heavy (non-hydrogen) atoms. The molecule has 0 unspecified atom stereocenters. The molecule has 220 valence electrons. The number of aromatic nitrogens is 3. The first-order valence-corrected chi connectivity index (χ1v) is 14.7. The van der Waals surface area contributed by atoms with E-state index in [4.69, 9.17) is 14.5 Å².